The van der Waals surface area contributed by atoms with Gasteiger partial charge in [0.05, 0.1) is 11.9 Å². The molecule has 1 N–H and O–H groups in total. The summed E-state index contributed by atoms with van der Waals surface area (Å²) in [7, 11) is 0. The third-order valence-corrected chi connectivity index (χ3v) is 2.37. The molecule has 14 heavy (non-hydrogen) atoms. The summed E-state index contributed by atoms with van der Waals surface area (Å²) in [6.07, 6.45) is 1.62. The van der Waals surface area contributed by atoms with Crippen LogP contribution in [-0.2, 0) is 5.60 Å². The molecule has 3 nitrogen and oxygen atoms in total. The standard InChI is InChI=1S/C11H19NO2/c1-5-12(6-2)10-7-9(8-14-10)11(3,4)13/h7-8,13H,5-6H2,1-4H3. The van der Waals surface area contributed by atoms with E-state index in [0.29, 0.717) is 0 Å². The smallest absolute Gasteiger partial charge is 0.195 e. The Morgan fingerprint density at radius 3 is 2.29 bits per heavy atom. The highest BCUT2D eigenvalue weighted by Gasteiger charge is 2.19. The molecule has 0 radical (unpaired) electrons. The van der Waals surface area contributed by atoms with Crippen LogP contribution in [-0.4, -0.2) is 18.2 Å². The number of nitrogens with zero attached hydrogens (tertiary/aromatic N) is 1. The molecule has 0 aliphatic carbocycles. The quantitative estimate of drug-likeness (QED) is 0.805. The first-order valence-corrected chi connectivity index (χ1v) is 5.05. The van der Waals surface area contributed by atoms with E-state index in [4.69, 9.17) is 4.42 Å². The molecule has 1 aromatic heterocycles. The van der Waals surface area contributed by atoms with Crippen LogP contribution >= 0.6 is 0 Å². The molecule has 1 heterocycles. The summed E-state index contributed by atoms with van der Waals surface area (Å²) in [5.41, 5.74) is -0.00561. The lowest BCUT2D eigenvalue weighted by atomic mass is 10.0. The molecule has 1 aromatic rings. The van der Waals surface area contributed by atoms with Crippen molar-refractivity contribution in [1.82, 2.24) is 0 Å². The van der Waals surface area contributed by atoms with Crippen LogP contribution in [0.2, 0.25) is 0 Å². The Morgan fingerprint density at radius 1 is 1.36 bits per heavy atom. The summed E-state index contributed by atoms with van der Waals surface area (Å²) in [4.78, 5) is 2.11. The molecule has 0 spiro atoms. The van der Waals surface area contributed by atoms with E-state index in [1.807, 2.05) is 6.07 Å². The fraction of sp³-hybridized carbons (Fsp3) is 0.636. The first-order chi connectivity index (χ1) is 6.49. The molecule has 0 fully saturated rings. The lowest BCUT2D eigenvalue weighted by molar-refractivity contribution is 0.0779. The number of rotatable bonds is 4. The Balaban J connectivity index is 2.87. The lowest BCUT2D eigenvalue weighted by Crippen LogP contribution is -2.21. The van der Waals surface area contributed by atoms with Crippen molar-refractivity contribution in [3.8, 4) is 0 Å². The Bertz CT molecular complexity index is 282. The molecule has 0 saturated heterocycles. The third-order valence-electron chi connectivity index (χ3n) is 2.37. The second-order valence-corrected chi connectivity index (χ2v) is 3.90. The maximum Gasteiger partial charge on any atom is 0.195 e. The van der Waals surface area contributed by atoms with Gasteiger partial charge in [0.2, 0.25) is 0 Å². The molecule has 0 aromatic carbocycles. The molecule has 0 saturated carbocycles. The topological polar surface area (TPSA) is 36.6 Å². The van der Waals surface area contributed by atoms with Gasteiger partial charge in [-0.1, -0.05) is 0 Å². The number of hydrogen-bond acceptors (Lipinski definition) is 3. The highest BCUT2D eigenvalue weighted by molar-refractivity contribution is 5.39. The Hall–Kier alpha value is -0.960. The molecule has 0 unspecified atom stereocenters. The number of furan rings is 1. The zero-order chi connectivity index (χ0) is 10.8. The largest absolute Gasteiger partial charge is 0.448 e. The van der Waals surface area contributed by atoms with Crippen molar-refractivity contribution in [1.29, 1.82) is 0 Å². The van der Waals surface area contributed by atoms with Crippen molar-refractivity contribution >= 4 is 5.88 Å². The van der Waals surface area contributed by atoms with E-state index >= 15 is 0 Å². The van der Waals surface area contributed by atoms with Crippen LogP contribution in [0.3, 0.4) is 0 Å². The zero-order valence-electron chi connectivity index (χ0n) is 9.37. The van der Waals surface area contributed by atoms with Crippen LogP contribution in [0.5, 0.6) is 0 Å². The van der Waals surface area contributed by atoms with Crippen LogP contribution in [0.25, 0.3) is 0 Å². The highest BCUT2D eigenvalue weighted by atomic mass is 16.3. The van der Waals surface area contributed by atoms with Crippen LogP contribution in [0.1, 0.15) is 33.3 Å². The molecule has 0 atom stereocenters. The number of aliphatic hydroxyl groups is 1. The molecule has 0 amide bonds. The van der Waals surface area contributed by atoms with Crippen LogP contribution in [0.4, 0.5) is 5.88 Å². The van der Waals surface area contributed by atoms with Gasteiger partial charge in [-0.3, -0.25) is 0 Å². The van der Waals surface area contributed by atoms with Gasteiger partial charge >= 0.3 is 0 Å². The predicted octanol–water partition coefficient (Wildman–Crippen LogP) is 2.35. The van der Waals surface area contributed by atoms with Gasteiger partial charge in [0.1, 0.15) is 0 Å². The van der Waals surface area contributed by atoms with Crippen molar-refractivity contribution in [3.05, 3.63) is 17.9 Å². The summed E-state index contributed by atoms with van der Waals surface area (Å²) in [6.45, 7) is 9.49. The van der Waals surface area contributed by atoms with Gasteiger partial charge in [-0.05, 0) is 27.7 Å². The Labute approximate surface area is 85.3 Å². The van der Waals surface area contributed by atoms with Crippen molar-refractivity contribution in [2.75, 3.05) is 18.0 Å². The summed E-state index contributed by atoms with van der Waals surface area (Å²) in [5, 5.41) is 9.75. The average Bonchev–Trinajstić information content (AvgIpc) is 2.54. The monoisotopic (exact) mass is 197 g/mol. The molecule has 0 aliphatic rings. The van der Waals surface area contributed by atoms with Crippen molar-refractivity contribution in [3.63, 3.8) is 0 Å². The summed E-state index contributed by atoms with van der Waals surface area (Å²) < 4.78 is 5.40. The first-order valence-electron chi connectivity index (χ1n) is 5.05. The van der Waals surface area contributed by atoms with E-state index < -0.39 is 5.60 Å². The minimum atomic E-state index is -0.825. The number of anilines is 1. The summed E-state index contributed by atoms with van der Waals surface area (Å²) in [6, 6.07) is 1.90. The minimum absolute atomic E-state index is 0.819. The summed E-state index contributed by atoms with van der Waals surface area (Å²) in [5.74, 6) is 0.826. The molecular weight excluding hydrogens is 178 g/mol. The molecular formula is C11H19NO2. The fourth-order valence-electron chi connectivity index (χ4n) is 1.35. The molecule has 1 rings (SSSR count). The zero-order valence-corrected chi connectivity index (χ0v) is 9.37. The van der Waals surface area contributed by atoms with Crippen LogP contribution < -0.4 is 4.90 Å². The normalized spacial score (nSPS) is 11.8. The van der Waals surface area contributed by atoms with E-state index in [9.17, 15) is 5.11 Å². The van der Waals surface area contributed by atoms with Crippen molar-refractivity contribution < 1.29 is 9.52 Å². The maximum atomic E-state index is 9.75. The minimum Gasteiger partial charge on any atom is -0.448 e. The van der Waals surface area contributed by atoms with Crippen molar-refractivity contribution in [2.45, 2.75) is 33.3 Å². The van der Waals surface area contributed by atoms with E-state index in [1.165, 1.54) is 0 Å². The second kappa shape index (κ2) is 4.05. The van der Waals surface area contributed by atoms with Gasteiger partial charge in [0, 0.05) is 24.7 Å². The van der Waals surface area contributed by atoms with Gasteiger partial charge in [-0.2, -0.15) is 0 Å². The third kappa shape index (κ3) is 2.29. The van der Waals surface area contributed by atoms with Gasteiger partial charge in [-0.15, -0.1) is 0 Å². The van der Waals surface area contributed by atoms with Crippen LogP contribution in [0, 0.1) is 0 Å². The maximum absolute atomic E-state index is 9.75. The molecule has 80 valence electrons. The fourth-order valence-corrected chi connectivity index (χ4v) is 1.35. The second-order valence-electron chi connectivity index (χ2n) is 3.90. The molecule has 0 aliphatic heterocycles. The van der Waals surface area contributed by atoms with E-state index in [-0.39, 0.29) is 0 Å². The molecule has 3 heteroatoms. The van der Waals surface area contributed by atoms with Crippen LogP contribution in [0.15, 0.2) is 16.7 Å². The van der Waals surface area contributed by atoms with E-state index in [2.05, 4.69) is 18.7 Å². The van der Waals surface area contributed by atoms with Gasteiger partial charge in [0.25, 0.3) is 0 Å². The Morgan fingerprint density at radius 2 is 1.93 bits per heavy atom. The molecule has 0 bridgehead atoms. The first kappa shape index (κ1) is 11.1. The van der Waals surface area contributed by atoms with Gasteiger partial charge in [0.15, 0.2) is 5.88 Å². The van der Waals surface area contributed by atoms with E-state index in [1.54, 1.807) is 20.1 Å². The summed E-state index contributed by atoms with van der Waals surface area (Å²) >= 11 is 0. The Kier molecular flexibility index (Phi) is 3.21. The van der Waals surface area contributed by atoms with Gasteiger partial charge in [-0.25, -0.2) is 0 Å². The van der Waals surface area contributed by atoms with Gasteiger partial charge < -0.3 is 14.4 Å². The highest BCUT2D eigenvalue weighted by Crippen LogP contribution is 2.26. The SMILES string of the molecule is CCN(CC)c1cc(C(C)(C)O)co1. The van der Waals surface area contributed by atoms with Crippen molar-refractivity contribution in [2.24, 2.45) is 0 Å². The van der Waals surface area contributed by atoms with E-state index in [0.717, 1.165) is 24.5 Å². The number of hydrogen-bond donors (Lipinski definition) is 1. The average molecular weight is 197 g/mol. The predicted molar refractivity (Wildman–Crippen MR) is 57.5 cm³/mol. The lowest BCUT2D eigenvalue weighted by Gasteiger charge is -2.17.